The lowest BCUT2D eigenvalue weighted by molar-refractivity contribution is -0.125. The molecule has 110 valence electrons. The predicted molar refractivity (Wildman–Crippen MR) is 76.3 cm³/mol. The second-order valence-electron chi connectivity index (χ2n) is 4.81. The van der Waals surface area contributed by atoms with Crippen LogP contribution < -0.4 is 16.0 Å². The number of carbonyl (C=O) groups excluding carboxylic acids is 1. The van der Waals surface area contributed by atoms with Crippen LogP contribution in [0.1, 0.15) is 12.8 Å². The van der Waals surface area contributed by atoms with E-state index in [9.17, 15) is 9.18 Å². The Hall–Kier alpha value is -1.66. The minimum absolute atomic E-state index is 0.0800. The number of methoxy groups -OCH3 is 1. The first-order chi connectivity index (χ1) is 9.65. The van der Waals surface area contributed by atoms with Crippen LogP contribution in [0.15, 0.2) is 18.2 Å². The Morgan fingerprint density at radius 1 is 1.50 bits per heavy atom. The Balaban J connectivity index is 2.07. The zero-order valence-corrected chi connectivity index (χ0v) is 11.6. The molecule has 20 heavy (non-hydrogen) atoms. The van der Waals surface area contributed by atoms with Crippen molar-refractivity contribution in [1.82, 2.24) is 0 Å². The maximum Gasteiger partial charge on any atom is 0.254 e. The van der Waals surface area contributed by atoms with Crippen molar-refractivity contribution in [2.45, 2.75) is 18.9 Å². The van der Waals surface area contributed by atoms with Gasteiger partial charge >= 0.3 is 0 Å². The zero-order chi connectivity index (χ0) is 14.5. The molecular weight excluding hydrogens is 261 g/mol. The normalized spacial score (nSPS) is 16.2. The third-order valence-corrected chi connectivity index (χ3v) is 3.45. The Labute approximate surface area is 117 Å². The summed E-state index contributed by atoms with van der Waals surface area (Å²) >= 11 is 0. The second-order valence-corrected chi connectivity index (χ2v) is 4.81. The molecule has 1 fully saturated rings. The third-order valence-electron chi connectivity index (χ3n) is 3.45. The van der Waals surface area contributed by atoms with Crippen LogP contribution in [-0.2, 0) is 9.53 Å². The molecule has 1 atom stereocenters. The van der Waals surface area contributed by atoms with Crippen LogP contribution in [0.5, 0.6) is 0 Å². The highest BCUT2D eigenvalue weighted by Crippen LogP contribution is 2.26. The van der Waals surface area contributed by atoms with E-state index in [1.165, 1.54) is 13.2 Å². The van der Waals surface area contributed by atoms with E-state index in [0.717, 1.165) is 25.9 Å². The van der Waals surface area contributed by atoms with Crippen molar-refractivity contribution in [3.63, 3.8) is 0 Å². The molecule has 0 spiro atoms. The highest BCUT2D eigenvalue weighted by molar-refractivity contribution is 5.94. The van der Waals surface area contributed by atoms with Gasteiger partial charge in [0.05, 0.1) is 5.69 Å². The largest absolute Gasteiger partial charge is 0.370 e. The predicted octanol–water partition coefficient (Wildman–Crippen LogP) is 1.34. The third kappa shape index (κ3) is 3.26. The van der Waals surface area contributed by atoms with Crippen LogP contribution >= 0.6 is 0 Å². The number of rotatable bonds is 5. The van der Waals surface area contributed by atoms with Crippen molar-refractivity contribution in [3.8, 4) is 0 Å². The Morgan fingerprint density at radius 2 is 2.20 bits per heavy atom. The topological polar surface area (TPSA) is 67.6 Å². The number of nitrogens with zero attached hydrogens (tertiary/aromatic N) is 1. The molecule has 6 heteroatoms. The number of nitrogens with one attached hydrogen (secondary N) is 1. The molecule has 1 aliphatic rings. The maximum absolute atomic E-state index is 14.1. The van der Waals surface area contributed by atoms with Crippen LogP contribution in [0.3, 0.4) is 0 Å². The minimum atomic E-state index is -0.726. The van der Waals surface area contributed by atoms with E-state index in [1.807, 2.05) is 4.90 Å². The van der Waals surface area contributed by atoms with E-state index in [2.05, 4.69) is 5.32 Å². The first-order valence-corrected chi connectivity index (χ1v) is 6.74. The maximum atomic E-state index is 14.1. The molecule has 1 aromatic carbocycles. The summed E-state index contributed by atoms with van der Waals surface area (Å²) in [5.74, 6) is -0.699. The van der Waals surface area contributed by atoms with Crippen molar-refractivity contribution in [1.29, 1.82) is 0 Å². The molecule has 0 aromatic heterocycles. The van der Waals surface area contributed by atoms with Gasteiger partial charge in [0.1, 0.15) is 11.9 Å². The lowest BCUT2D eigenvalue weighted by Gasteiger charge is -2.19. The van der Waals surface area contributed by atoms with Crippen LogP contribution in [0.2, 0.25) is 0 Å². The van der Waals surface area contributed by atoms with Gasteiger partial charge in [0.2, 0.25) is 0 Å². The minimum Gasteiger partial charge on any atom is -0.370 e. The fourth-order valence-electron chi connectivity index (χ4n) is 2.33. The molecule has 0 bridgehead atoms. The first-order valence-electron chi connectivity index (χ1n) is 6.74. The lowest BCUT2D eigenvalue weighted by Crippen LogP contribution is -2.35. The standard InChI is InChI=1S/C14H20FN3O2/c1-20-13(9-16)14(19)17-10-4-5-12(11(15)8-10)18-6-2-3-7-18/h4-5,8,13H,2-3,6-7,9,16H2,1H3,(H,17,19). The fourth-order valence-corrected chi connectivity index (χ4v) is 2.33. The van der Waals surface area contributed by atoms with Gasteiger partial charge in [-0.2, -0.15) is 0 Å². The van der Waals surface area contributed by atoms with Crippen molar-refractivity contribution >= 4 is 17.3 Å². The fraction of sp³-hybridized carbons (Fsp3) is 0.500. The molecule has 0 aliphatic carbocycles. The SMILES string of the molecule is COC(CN)C(=O)Nc1ccc(N2CCCC2)c(F)c1. The van der Waals surface area contributed by atoms with Crippen molar-refractivity contribution in [2.24, 2.45) is 5.73 Å². The van der Waals surface area contributed by atoms with Crippen molar-refractivity contribution in [3.05, 3.63) is 24.0 Å². The Kier molecular flexibility index (Phi) is 4.92. The van der Waals surface area contributed by atoms with Gasteiger partial charge in [-0.1, -0.05) is 0 Å². The number of anilines is 2. The number of amides is 1. The number of carbonyl (C=O) groups is 1. The molecule has 3 N–H and O–H groups in total. The second kappa shape index (κ2) is 6.67. The number of hydrogen-bond acceptors (Lipinski definition) is 4. The number of nitrogens with two attached hydrogens (primary N) is 1. The van der Waals surface area contributed by atoms with Gasteiger partial charge in [0.25, 0.3) is 5.91 Å². The van der Waals surface area contributed by atoms with Gasteiger partial charge in [-0.05, 0) is 31.0 Å². The molecule has 2 rings (SSSR count). The van der Waals surface area contributed by atoms with Crippen LogP contribution in [-0.4, -0.2) is 38.8 Å². The number of benzene rings is 1. The highest BCUT2D eigenvalue weighted by atomic mass is 19.1. The molecule has 1 unspecified atom stereocenters. The van der Waals surface area contributed by atoms with Crippen LogP contribution in [0.25, 0.3) is 0 Å². The molecular formula is C14H20FN3O2. The summed E-state index contributed by atoms with van der Waals surface area (Å²) in [4.78, 5) is 13.8. The average molecular weight is 281 g/mol. The molecule has 1 heterocycles. The van der Waals surface area contributed by atoms with Gasteiger partial charge in [0.15, 0.2) is 0 Å². The van der Waals surface area contributed by atoms with Crippen LogP contribution in [0, 0.1) is 5.82 Å². The van der Waals surface area contributed by atoms with Gasteiger partial charge < -0.3 is 20.7 Å². The van der Waals surface area contributed by atoms with E-state index < -0.39 is 6.10 Å². The molecule has 1 aliphatic heterocycles. The summed E-state index contributed by atoms with van der Waals surface area (Å²) in [5.41, 5.74) is 6.40. The molecule has 1 aromatic rings. The van der Waals surface area contributed by atoms with E-state index in [1.54, 1.807) is 12.1 Å². The van der Waals surface area contributed by atoms with Gasteiger partial charge in [-0.3, -0.25) is 4.79 Å². The average Bonchev–Trinajstić information content (AvgIpc) is 2.94. The molecule has 1 amide bonds. The van der Waals surface area contributed by atoms with Gasteiger partial charge in [-0.25, -0.2) is 4.39 Å². The molecule has 5 nitrogen and oxygen atoms in total. The van der Waals surface area contributed by atoms with Gasteiger partial charge in [0, 0.05) is 32.4 Å². The van der Waals surface area contributed by atoms with E-state index in [0.29, 0.717) is 11.4 Å². The molecule has 1 saturated heterocycles. The summed E-state index contributed by atoms with van der Waals surface area (Å²) in [6.45, 7) is 1.83. The number of hydrogen-bond donors (Lipinski definition) is 2. The van der Waals surface area contributed by atoms with E-state index in [-0.39, 0.29) is 18.3 Å². The summed E-state index contributed by atoms with van der Waals surface area (Å²) in [6.07, 6.45) is 1.45. The Morgan fingerprint density at radius 3 is 2.75 bits per heavy atom. The number of halogens is 1. The first kappa shape index (κ1) is 14.7. The summed E-state index contributed by atoms with van der Waals surface area (Å²) in [7, 11) is 1.41. The number of ether oxygens (including phenoxy) is 1. The summed E-state index contributed by atoms with van der Waals surface area (Å²) < 4.78 is 19.0. The quantitative estimate of drug-likeness (QED) is 0.854. The monoisotopic (exact) mass is 281 g/mol. The van der Waals surface area contributed by atoms with E-state index >= 15 is 0 Å². The zero-order valence-electron chi connectivity index (χ0n) is 11.6. The lowest BCUT2D eigenvalue weighted by atomic mass is 10.2. The smallest absolute Gasteiger partial charge is 0.254 e. The summed E-state index contributed by atoms with van der Waals surface area (Å²) in [5, 5.41) is 2.60. The highest BCUT2D eigenvalue weighted by Gasteiger charge is 2.18. The van der Waals surface area contributed by atoms with Crippen molar-refractivity contribution < 1.29 is 13.9 Å². The van der Waals surface area contributed by atoms with Crippen molar-refractivity contribution in [2.75, 3.05) is 37.0 Å². The summed E-state index contributed by atoms with van der Waals surface area (Å²) in [6, 6.07) is 4.72. The van der Waals surface area contributed by atoms with Crippen LogP contribution in [0.4, 0.5) is 15.8 Å². The molecule has 0 radical (unpaired) electrons. The van der Waals surface area contributed by atoms with E-state index in [4.69, 9.17) is 10.5 Å². The van der Waals surface area contributed by atoms with Gasteiger partial charge in [-0.15, -0.1) is 0 Å². The Bertz CT molecular complexity index is 471. The molecule has 0 saturated carbocycles.